The minimum absolute atomic E-state index is 0.142. The molecule has 0 saturated carbocycles. The van der Waals surface area contributed by atoms with Gasteiger partial charge in [0.2, 0.25) is 0 Å². The van der Waals surface area contributed by atoms with E-state index in [-0.39, 0.29) is 11.6 Å². The highest BCUT2D eigenvalue weighted by atomic mass is 16.6. The first-order valence-corrected chi connectivity index (χ1v) is 3.34. The number of rotatable bonds is 0. The lowest BCUT2D eigenvalue weighted by Gasteiger charge is -2.21. The summed E-state index contributed by atoms with van der Waals surface area (Å²) in [5.74, 6) is 0. The molecule has 0 aromatic rings. The summed E-state index contributed by atoms with van der Waals surface area (Å²) in [4.78, 5) is 12.7. The van der Waals surface area contributed by atoms with Crippen LogP contribution in [0, 0.1) is 0 Å². The lowest BCUT2D eigenvalue weighted by Crippen LogP contribution is -2.38. The van der Waals surface area contributed by atoms with E-state index in [1.807, 2.05) is 19.1 Å². The van der Waals surface area contributed by atoms with Crippen LogP contribution >= 0.6 is 0 Å². The molecule has 0 unspecified atom stereocenters. The summed E-state index contributed by atoms with van der Waals surface area (Å²) in [6, 6.07) is 0. The van der Waals surface area contributed by atoms with E-state index in [1.54, 1.807) is 4.90 Å². The summed E-state index contributed by atoms with van der Waals surface area (Å²) in [5, 5.41) is 0. The Morgan fingerprint density at radius 3 is 3.30 bits per heavy atom. The summed E-state index contributed by atoms with van der Waals surface area (Å²) in [7, 11) is 0. The summed E-state index contributed by atoms with van der Waals surface area (Å²) in [6.45, 7) is 3.21. The monoisotopic (exact) mass is 139 g/mol. The van der Waals surface area contributed by atoms with Crippen molar-refractivity contribution in [1.82, 2.24) is 4.90 Å². The zero-order valence-corrected chi connectivity index (χ0v) is 5.83. The molecule has 1 fully saturated rings. The first kappa shape index (κ1) is 5.77. The van der Waals surface area contributed by atoms with Crippen LogP contribution in [0.1, 0.15) is 6.92 Å². The van der Waals surface area contributed by atoms with Crippen LogP contribution in [0.5, 0.6) is 0 Å². The molecule has 1 saturated heterocycles. The quantitative estimate of drug-likeness (QED) is 0.464. The van der Waals surface area contributed by atoms with Crippen molar-refractivity contribution in [3.8, 4) is 0 Å². The number of carbonyl (C=O) groups is 1. The summed E-state index contributed by atoms with van der Waals surface area (Å²) in [6.07, 6.45) is 3.84. The van der Waals surface area contributed by atoms with Crippen LogP contribution < -0.4 is 0 Å². The number of fused-ring (bicyclic) bond motifs is 1. The zero-order valence-electron chi connectivity index (χ0n) is 5.83. The summed E-state index contributed by atoms with van der Waals surface area (Å²) < 4.78 is 4.86. The Balaban J connectivity index is 2.33. The Hall–Kier alpha value is -0.990. The Morgan fingerprint density at radius 2 is 2.60 bits per heavy atom. The van der Waals surface area contributed by atoms with Gasteiger partial charge in [0.25, 0.3) is 0 Å². The molecule has 0 aliphatic carbocycles. The number of carbonyl (C=O) groups excluding carboxylic acids is 1. The SMILES string of the molecule is C[C@@]12C=CCN1C(=O)OC2. The van der Waals surface area contributed by atoms with E-state index in [9.17, 15) is 4.79 Å². The van der Waals surface area contributed by atoms with Crippen molar-refractivity contribution in [3.05, 3.63) is 12.2 Å². The molecule has 54 valence electrons. The highest BCUT2D eigenvalue weighted by Crippen LogP contribution is 2.28. The third-order valence-electron chi connectivity index (χ3n) is 2.09. The van der Waals surface area contributed by atoms with Gasteiger partial charge in [-0.2, -0.15) is 0 Å². The van der Waals surface area contributed by atoms with Gasteiger partial charge in [0.05, 0.1) is 5.54 Å². The van der Waals surface area contributed by atoms with E-state index >= 15 is 0 Å². The molecule has 2 aliphatic rings. The predicted molar refractivity (Wildman–Crippen MR) is 35.6 cm³/mol. The van der Waals surface area contributed by atoms with E-state index in [1.165, 1.54) is 0 Å². The Bertz CT molecular complexity index is 212. The maximum absolute atomic E-state index is 10.9. The van der Waals surface area contributed by atoms with Crippen molar-refractivity contribution in [1.29, 1.82) is 0 Å². The van der Waals surface area contributed by atoms with Crippen LogP contribution in [0.3, 0.4) is 0 Å². The Kier molecular flexibility index (Phi) is 0.886. The molecular formula is C7H9NO2. The standard InChI is InChI=1S/C7H9NO2/c1-7-3-2-4-8(7)6(9)10-5-7/h2-3H,4-5H2,1H3/t7-/m0/s1. The van der Waals surface area contributed by atoms with Gasteiger partial charge in [-0.1, -0.05) is 12.2 Å². The van der Waals surface area contributed by atoms with Gasteiger partial charge in [0, 0.05) is 6.54 Å². The van der Waals surface area contributed by atoms with Crippen molar-refractivity contribution in [2.75, 3.05) is 13.2 Å². The van der Waals surface area contributed by atoms with Crippen molar-refractivity contribution < 1.29 is 9.53 Å². The molecule has 0 aromatic carbocycles. The van der Waals surface area contributed by atoms with Gasteiger partial charge in [0.15, 0.2) is 0 Å². The Morgan fingerprint density at radius 1 is 1.80 bits per heavy atom. The number of amides is 1. The van der Waals surface area contributed by atoms with E-state index < -0.39 is 0 Å². The number of hydrogen-bond acceptors (Lipinski definition) is 2. The van der Waals surface area contributed by atoms with E-state index in [0.717, 1.165) is 0 Å². The van der Waals surface area contributed by atoms with Gasteiger partial charge in [-0.05, 0) is 6.92 Å². The molecule has 10 heavy (non-hydrogen) atoms. The van der Waals surface area contributed by atoms with Gasteiger partial charge in [-0.15, -0.1) is 0 Å². The molecule has 2 heterocycles. The molecule has 0 radical (unpaired) electrons. The van der Waals surface area contributed by atoms with Crippen molar-refractivity contribution in [2.45, 2.75) is 12.5 Å². The average molecular weight is 139 g/mol. The third-order valence-corrected chi connectivity index (χ3v) is 2.09. The minimum atomic E-state index is -0.187. The van der Waals surface area contributed by atoms with Crippen LogP contribution in [0.15, 0.2) is 12.2 Å². The molecular weight excluding hydrogens is 130 g/mol. The number of ether oxygens (including phenoxy) is 1. The molecule has 3 nitrogen and oxygen atoms in total. The number of hydrogen-bond donors (Lipinski definition) is 0. The van der Waals surface area contributed by atoms with Gasteiger partial charge >= 0.3 is 6.09 Å². The fraction of sp³-hybridized carbons (Fsp3) is 0.571. The topological polar surface area (TPSA) is 29.5 Å². The second-order valence-corrected chi connectivity index (χ2v) is 2.92. The van der Waals surface area contributed by atoms with Gasteiger partial charge in [-0.3, -0.25) is 4.90 Å². The fourth-order valence-corrected chi connectivity index (χ4v) is 1.41. The number of nitrogens with zero attached hydrogens (tertiary/aromatic N) is 1. The minimum Gasteiger partial charge on any atom is -0.447 e. The Labute approximate surface area is 59.3 Å². The average Bonchev–Trinajstić information content (AvgIpc) is 2.35. The van der Waals surface area contributed by atoms with Crippen LogP contribution in [0.25, 0.3) is 0 Å². The fourth-order valence-electron chi connectivity index (χ4n) is 1.41. The second kappa shape index (κ2) is 1.54. The highest BCUT2D eigenvalue weighted by molar-refractivity contribution is 5.72. The van der Waals surface area contributed by atoms with Crippen LogP contribution in [0.2, 0.25) is 0 Å². The largest absolute Gasteiger partial charge is 0.447 e. The maximum Gasteiger partial charge on any atom is 0.410 e. The first-order valence-electron chi connectivity index (χ1n) is 3.34. The molecule has 0 aromatic heterocycles. The molecule has 0 N–H and O–H groups in total. The van der Waals surface area contributed by atoms with Crippen molar-refractivity contribution >= 4 is 6.09 Å². The molecule has 0 bridgehead atoms. The first-order chi connectivity index (χ1) is 4.72. The summed E-state index contributed by atoms with van der Waals surface area (Å²) >= 11 is 0. The lowest BCUT2D eigenvalue weighted by atomic mass is 10.1. The third kappa shape index (κ3) is 0.523. The predicted octanol–water partition coefficient (Wildman–Crippen LogP) is 0.767. The maximum atomic E-state index is 10.9. The molecule has 1 atom stereocenters. The van der Waals surface area contributed by atoms with Gasteiger partial charge in [0.1, 0.15) is 6.61 Å². The second-order valence-electron chi connectivity index (χ2n) is 2.92. The molecule has 2 aliphatic heterocycles. The smallest absolute Gasteiger partial charge is 0.410 e. The molecule has 3 heteroatoms. The number of cyclic esters (lactones) is 1. The highest BCUT2D eigenvalue weighted by Gasteiger charge is 2.43. The van der Waals surface area contributed by atoms with Crippen molar-refractivity contribution in [2.24, 2.45) is 0 Å². The summed E-state index contributed by atoms with van der Waals surface area (Å²) in [5.41, 5.74) is -0.142. The normalized spacial score (nSPS) is 36.5. The van der Waals surface area contributed by atoms with E-state index in [0.29, 0.717) is 13.2 Å². The zero-order chi connectivity index (χ0) is 7.19. The molecule has 2 rings (SSSR count). The molecule has 0 spiro atoms. The van der Waals surface area contributed by atoms with Crippen molar-refractivity contribution in [3.63, 3.8) is 0 Å². The van der Waals surface area contributed by atoms with Crippen LogP contribution in [0.4, 0.5) is 4.79 Å². The van der Waals surface area contributed by atoms with E-state index in [4.69, 9.17) is 4.74 Å². The van der Waals surface area contributed by atoms with Crippen LogP contribution in [-0.2, 0) is 4.74 Å². The lowest BCUT2D eigenvalue weighted by molar-refractivity contribution is 0.160. The van der Waals surface area contributed by atoms with E-state index in [2.05, 4.69) is 0 Å². The van der Waals surface area contributed by atoms with Gasteiger partial charge in [-0.25, -0.2) is 4.79 Å². The molecule has 1 amide bonds. The van der Waals surface area contributed by atoms with Gasteiger partial charge < -0.3 is 4.74 Å². The van der Waals surface area contributed by atoms with Crippen LogP contribution in [-0.4, -0.2) is 29.7 Å².